The molecular formula is C29H32Cl2N2O3. The maximum Gasteiger partial charge on any atom is 0.243 e. The van der Waals surface area contributed by atoms with E-state index < -0.39 is 11.6 Å². The van der Waals surface area contributed by atoms with Crippen molar-refractivity contribution in [1.29, 1.82) is 0 Å². The Bertz CT molecular complexity index is 1170. The second-order valence-electron chi connectivity index (χ2n) is 9.69. The van der Waals surface area contributed by atoms with E-state index in [9.17, 15) is 9.59 Å². The molecule has 1 atom stereocenters. The molecule has 0 radical (unpaired) electrons. The van der Waals surface area contributed by atoms with Crippen LogP contribution < -0.4 is 10.1 Å². The molecule has 7 heteroatoms. The molecule has 36 heavy (non-hydrogen) atoms. The van der Waals surface area contributed by atoms with Crippen LogP contribution in [0.2, 0.25) is 10.0 Å². The first-order chi connectivity index (χ1) is 17.1. The first-order valence-corrected chi connectivity index (χ1v) is 12.5. The fourth-order valence-corrected chi connectivity index (χ4v) is 4.46. The number of hydrogen-bond acceptors (Lipinski definition) is 3. The van der Waals surface area contributed by atoms with Gasteiger partial charge in [0.1, 0.15) is 11.8 Å². The minimum atomic E-state index is -0.758. The lowest BCUT2D eigenvalue weighted by Gasteiger charge is -2.34. The van der Waals surface area contributed by atoms with Crippen LogP contribution in [0.5, 0.6) is 5.75 Å². The van der Waals surface area contributed by atoms with Crippen molar-refractivity contribution >= 4 is 35.0 Å². The van der Waals surface area contributed by atoms with Gasteiger partial charge in [-0.05, 0) is 61.7 Å². The largest absolute Gasteiger partial charge is 0.497 e. The molecular weight excluding hydrogens is 495 g/mol. The fraction of sp³-hybridized carbons (Fsp3) is 0.310. The molecule has 1 N–H and O–H groups in total. The predicted molar refractivity (Wildman–Crippen MR) is 146 cm³/mol. The minimum absolute atomic E-state index is 0.0312. The Morgan fingerprint density at radius 3 is 2.14 bits per heavy atom. The quantitative estimate of drug-likeness (QED) is 0.366. The summed E-state index contributed by atoms with van der Waals surface area (Å²) in [6, 6.07) is 21.5. The van der Waals surface area contributed by atoms with Crippen LogP contribution >= 0.6 is 23.2 Å². The summed E-state index contributed by atoms with van der Waals surface area (Å²) in [7, 11) is 1.59. The highest BCUT2D eigenvalue weighted by atomic mass is 35.5. The zero-order valence-corrected chi connectivity index (χ0v) is 22.6. The van der Waals surface area contributed by atoms with E-state index in [1.807, 2.05) is 75.4 Å². The first kappa shape index (κ1) is 27.6. The Hall–Kier alpha value is -3.02. The number of carbonyl (C=O) groups excluding carboxylic acids is 2. The van der Waals surface area contributed by atoms with Crippen LogP contribution in [-0.2, 0) is 29.0 Å². The van der Waals surface area contributed by atoms with E-state index in [0.29, 0.717) is 27.8 Å². The number of nitrogens with one attached hydrogen (secondary N) is 1. The number of nitrogens with zero attached hydrogens (tertiary/aromatic N) is 1. The molecule has 0 aliphatic carbocycles. The van der Waals surface area contributed by atoms with Gasteiger partial charge in [0.2, 0.25) is 11.8 Å². The lowest BCUT2D eigenvalue weighted by atomic mass is 9.99. The molecule has 0 fully saturated rings. The van der Waals surface area contributed by atoms with E-state index in [1.165, 1.54) is 0 Å². The average Bonchev–Trinajstić information content (AvgIpc) is 2.83. The molecule has 2 amide bonds. The van der Waals surface area contributed by atoms with Crippen molar-refractivity contribution in [1.82, 2.24) is 10.2 Å². The molecule has 0 heterocycles. The van der Waals surface area contributed by atoms with E-state index in [-0.39, 0.29) is 24.8 Å². The summed E-state index contributed by atoms with van der Waals surface area (Å²) in [5.41, 5.74) is 1.86. The number of halogens is 2. The van der Waals surface area contributed by atoms with Gasteiger partial charge in [-0.25, -0.2) is 0 Å². The second-order valence-corrected chi connectivity index (χ2v) is 10.5. The molecule has 3 rings (SSSR count). The zero-order chi connectivity index (χ0) is 26.3. The van der Waals surface area contributed by atoms with Gasteiger partial charge >= 0.3 is 0 Å². The monoisotopic (exact) mass is 526 g/mol. The fourth-order valence-electron chi connectivity index (χ4n) is 3.93. The van der Waals surface area contributed by atoms with Crippen molar-refractivity contribution in [3.8, 4) is 5.75 Å². The van der Waals surface area contributed by atoms with Crippen LogP contribution in [0.1, 0.15) is 37.5 Å². The summed E-state index contributed by atoms with van der Waals surface area (Å²) in [5, 5.41) is 3.89. The molecule has 0 unspecified atom stereocenters. The number of rotatable bonds is 9. The van der Waals surface area contributed by atoms with Gasteiger partial charge in [0.25, 0.3) is 0 Å². The Kier molecular flexibility index (Phi) is 9.41. The zero-order valence-electron chi connectivity index (χ0n) is 21.1. The summed E-state index contributed by atoms with van der Waals surface area (Å²) >= 11 is 12.8. The highest BCUT2D eigenvalue weighted by molar-refractivity contribution is 6.36. The molecule has 0 aliphatic heterocycles. The number of ether oxygens (including phenoxy) is 1. The van der Waals surface area contributed by atoms with Gasteiger partial charge in [0, 0.05) is 28.5 Å². The van der Waals surface area contributed by atoms with Crippen molar-refractivity contribution in [3.05, 3.63) is 99.5 Å². The number of carbonyl (C=O) groups is 2. The molecule has 3 aromatic rings. The Morgan fingerprint density at radius 2 is 1.53 bits per heavy atom. The molecule has 0 saturated carbocycles. The maximum absolute atomic E-state index is 13.9. The van der Waals surface area contributed by atoms with Crippen molar-refractivity contribution in [2.75, 3.05) is 7.11 Å². The summed E-state index contributed by atoms with van der Waals surface area (Å²) in [6.07, 6.45) is 0.325. The smallest absolute Gasteiger partial charge is 0.243 e. The van der Waals surface area contributed by atoms with Gasteiger partial charge < -0.3 is 15.0 Å². The summed E-state index contributed by atoms with van der Waals surface area (Å²) in [5.74, 6) is 0.193. The Balaban J connectivity index is 2.04. The van der Waals surface area contributed by atoms with Gasteiger partial charge in [-0.2, -0.15) is 0 Å². The van der Waals surface area contributed by atoms with E-state index in [0.717, 1.165) is 11.1 Å². The normalized spacial score (nSPS) is 12.1. The summed E-state index contributed by atoms with van der Waals surface area (Å²) in [6.45, 7) is 5.97. The van der Waals surface area contributed by atoms with Crippen LogP contribution in [0, 0.1) is 0 Å². The van der Waals surface area contributed by atoms with Gasteiger partial charge in [0.05, 0.1) is 13.5 Å². The lowest BCUT2D eigenvalue weighted by molar-refractivity contribution is -0.141. The van der Waals surface area contributed by atoms with Crippen LogP contribution in [0.25, 0.3) is 0 Å². The second kappa shape index (κ2) is 12.3. The van der Waals surface area contributed by atoms with Gasteiger partial charge in [-0.15, -0.1) is 0 Å². The molecule has 0 saturated heterocycles. The number of methoxy groups -OCH3 is 1. The van der Waals surface area contributed by atoms with Crippen molar-refractivity contribution < 1.29 is 14.3 Å². The van der Waals surface area contributed by atoms with Crippen molar-refractivity contribution in [3.63, 3.8) is 0 Å². The predicted octanol–water partition coefficient (Wildman–Crippen LogP) is 6.10. The van der Waals surface area contributed by atoms with E-state index >= 15 is 0 Å². The Labute approximate surface area is 223 Å². The molecule has 5 nitrogen and oxygen atoms in total. The standard InChI is InChI=1S/C29H32Cl2N2O3/c1-29(2,3)32-28(35)26(17-20-10-6-5-7-11-20)33(19-21-12-8-13-22(16-21)36-4)27(34)18-23-24(30)14-9-15-25(23)31/h5-16,26H,17-19H2,1-4H3,(H,32,35)/t26-/m1/s1. The van der Waals surface area contributed by atoms with E-state index in [2.05, 4.69) is 5.32 Å². The molecule has 3 aromatic carbocycles. The average molecular weight is 527 g/mol. The van der Waals surface area contributed by atoms with Crippen LogP contribution in [-0.4, -0.2) is 35.4 Å². The van der Waals surface area contributed by atoms with Crippen molar-refractivity contribution in [2.45, 2.75) is 51.7 Å². The van der Waals surface area contributed by atoms with Crippen LogP contribution in [0.3, 0.4) is 0 Å². The van der Waals surface area contributed by atoms with Gasteiger partial charge in [-0.3, -0.25) is 9.59 Å². The minimum Gasteiger partial charge on any atom is -0.497 e. The Morgan fingerprint density at radius 1 is 0.917 bits per heavy atom. The molecule has 0 aromatic heterocycles. The van der Waals surface area contributed by atoms with Gasteiger partial charge in [0.15, 0.2) is 0 Å². The van der Waals surface area contributed by atoms with Gasteiger partial charge in [-0.1, -0.05) is 71.7 Å². The highest BCUT2D eigenvalue weighted by Gasteiger charge is 2.32. The molecule has 0 bridgehead atoms. The third-order valence-corrected chi connectivity index (χ3v) is 6.35. The number of hydrogen-bond donors (Lipinski definition) is 1. The van der Waals surface area contributed by atoms with E-state index in [1.54, 1.807) is 30.2 Å². The highest BCUT2D eigenvalue weighted by Crippen LogP contribution is 2.27. The number of benzene rings is 3. The SMILES string of the molecule is COc1cccc(CN(C(=O)Cc2c(Cl)cccc2Cl)[C@H](Cc2ccccc2)C(=O)NC(C)(C)C)c1. The number of amides is 2. The first-order valence-electron chi connectivity index (χ1n) is 11.8. The third-order valence-electron chi connectivity index (χ3n) is 5.65. The van der Waals surface area contributed by atoms with Crippen LogP contribution in [0.4, 0.5) is 0 Å². The topological polar surface area (TPSA) is 58.6 Å². The van der Waals surface area contributed by atoms with Crippen LogP contribution in [0.15, 0.2) is 72.8 Å². The third kappa shape index (κ3) is 7.74. The van der Waals surface area contributed by atoms with E-state index in [4.69, 9.17) is 27.9 Å². The summed E-state index contributed by atoms with van der Waals surface area (Å²) in [4.78, 5) is 29.1. The summed E-state index contributed by atoms with van der Waals surface area (Å²) < 4.78 is 5.38. The molecule has 0 aliphatic rings. The molecule has 0 spiro atoms. The molecule has 190 valence electrons. The lowest BCUT2D eigenvalue weighted by Crippen LogP contribution is -2.54. The van der Waals surface area contributed by atoms with Crippen molar-refractivity contribution in [2.24, 2.45) is 0 Å². The maximum atomic E-state index is 13.9.